The third-order valence-electron chi connectivity index (χ3n) is 6.16. The summed E-state index contributed by atoms with van der Waals surface area (Å²) < 4.78 is -0.490. The molecule has 1 unspecified atom stereocenters. The number of benzene rings is 1. The second-order valence-electron chi connectivity index (χ2n) is 9.52. The van der Waals surface area contributed by atoms with Crippen molar-refractivity contribution in [3.05, 3.63) is 51.7 Å². The standard InChI is InChI=1S/C28H38BN3O5S2/c1-4-6-14-28(29,5-2)38-18-25(34)30-17-24(33)32-23(12-13-26(35)36)27(37)31-21-9-7-8-20(15-21)16-22-11-10-19(3)39-22/h7-11,15,23H,4-6,12-14,16-18H2,1-3H3,(H,30,34)(H,31,37)(H,32,33)(H,35,36)/t23-,28?/m0/s1. The minimum Gasteiger partial charge on any atom is -0.481 e. The molecular weight excluding hydrogens is 533 g/mol. The van der Waals surface area contributed by atoms with Crippen LogP contribution in [0.5, 0.6) is 0 Å². The Labute approximate surface area is 240 Å². The minimum atomic E-state index is -1.08. The lowest BCUT2D eigenvalue weighted by atomic mass is 9.80. The fraction of sp³-hybridized carbons (Fsp3) is 0.500. The number of aryl methyl sites for hydroxylation is 1. The Morgan fingerprint density at radius 1 is 1.13 bits per heavy atom. The quantitative estimate of drug-likeness (QED) is 0.211. The van der Waals surface area contributed by atoms with E-state index in [2.05, 4.69) is 35.0 Å². The van der Waals surface area contributed by atoms with Crippen molar-refractivity contribution >= 4 is 60.3 Å². The van der Waals surface area contributed by atoms with Gasteiger partial charge < -0.3 is 21.1 Å². The van der Waals surface area contributed by atoms with Crippen molar-refractivity contribution in [3.63, 3.8) is 0 Å². The lowest BCUT2D eigenvalue weighted by Gasteiger charge is -2.28. The molecule has 0 aliphatic rings. The van der Waals surface area contributed by atoms with Crippen LogP contribution < -0.4 is 16.0 Å². The molecule has 1 heterocycles. The van der Waals surface area contributed by atoms with Crippen LogP contribution in [0.1, 0.15) is 67.7 Å². The van der Waals surface area contributed by atoms with Gasteiger partial charge in [-0.3, -0.25) is 19.2 Å². The van der Waals surface area contributed by atoms with Crippen molar-refractivity contribution in [1.29, 1.82) is 0 Å². The molecule has 0 aliphatic heterocycles. The average Bonchev–Trinajstić information content (AvgIpc) is 3.31. The summed E-state index contributed by atoms with van der Waals surface area (Å²) in [4.78, 5) is 51.4. The predicted octanol–water partition coefficient (Wildman–Crippen LogP) is 4.25. The number of nitrogens with one attached hydrogen (secondary N) is 3. The van der Waals surface area contributed by atoms with Crippen molar-refractivity contribution < 1.29 is 24.3 Å². The molecule has 1 aromatic carbocycles. The van der Waals surface area contributed by atoms with Crippen LogP contribution in [0.15, 0.2) is 36.4 Å². The molecule has 0 saturated carbocycles. The number of thiophene rings is 1. The maximum atomic E-state index is 13.0. The fourth-order valence-electron chi connectivity index (χ4n) is 3.82. The van der Waals surface area contributed by atoms with E-state index in [0.717, 1.165) is 37.7 Å². The van der Waals surface area contributed by atoms with Gasteiger partial charge in [0.2, 0.25) is 17.7 Å². The molecule has 4 N–H and O–H groups in total. The molecule has 0 fully saturated rings. The highest BCUT2D eigenvalue weighted by Crippen LogP contribution is 2.30. The maximum absolute atomic E-state index is 13.0. The molecule has 0 saturated heterocycles. The first-order chi connectivity index (χ1) is 18.5. The summed E-state index contributed by atoms with van der Waals surface area (Å²) in [7, 11) is 6.37. The van der Waals surface area contributed by atoms with E-state index in [1.54, 1.807) is 17.4 Å². The molecule has 2 rings (SSSR count). The SMILES string of the molecule is [B]C(CC)(CCCC)SCC(=O)NCC(=O)N[C@@H](CCC(=O)O)C(=O)Nc1cccc(Cc2ccc(C)s2)c1. The Balaban J connectivity index is 1.92. The number of amides is 3. The lowest BCUT2D eigenvalue weighted by molar-refractivity contribution is -0.137. The van der Waals surface area contributed by atoms with Crippen LogP contribution >= 0.6 is 23.1 Å². The van der Waals surface area contributed by atoms with E-state index in [1.165, 1.54) is 21.5 Å². The van der Waals surface area contributed by atoms with E-state index in [9.17, 15) is 19.2 Å². The number of thioether (sulfide) groups is 1. The van der Waals surface area contributed by atoms with Crippen molar-refractivity contribution in [1.82, 2.24) is 10.6 Å². The maximum Gasteiger partial charge on any atom is 0.303 e. The molecular formula is C28H38BN3O5S2. The van der Waals surface area contributed by atoms with E-state index in [4.69, 9.17) is 13.0 Å². The summed E-state index contributed by atoms with van der Waals surface area (Å²) >= 11 is 3.07. The highest BCUT2D eigenvalue weighted by Gasteiger charge is 2.24. The number of aliphatic carboxylic acids is 1. The zero-order valence-corrected chi connectivity index (χ0v) is 24.5. The van der Waals surface area contributed by atoms with Gasteiger partial charge in [0.1, 0.15) is 6.04 Å². The van der Waals surface area contributed by atoms with Gasteiger partial charge in [0.05, 0.1) is 20.1 Å². The molecule has 0 bridgehead atoms. The molecule has 8 nitrogen and oxygen atoms in total. The van der Waals surface area contributed by atoms with Gasteiger partial charge in [0.25, 0.3) is 0 Å². The van der Waals surface area contributed by atoms with Gasteiger partial charge >= 0.3 is 5.97 Å². The molecule has 11 heteroatoms. The van der Waals surface area contributed by atoms with Crippen LogP contribution in [0.3, 0.4) is 0 Å². The molecule has 2 radical (unpaired) electrons. The third-order valence-corrected chi connectivity index (χ3v) is 8.63. The summed E-state index contributed by atoms with van der Waals surface area (Å²) in [5, 5.41) is 17.0. The molecule has 0 spiro atoms. The minimum absolute atomic E-state index is 0.0888. The van der Waals surface area contributed by atoms with E-state index in [0.29, 0.717) is 5.69 Å². The van der Waals surface area contributed by atoms with E-state index in [1.807, 2.05) is 32.0 Å². The number of rotatable bonds is 17. The molecule has 2 atom stereocenters. The molecule has 1 aromatic heterocycles. The zero-order valence-electron chi connectivity index (χ0n) is 22.9. The van der Waals surface area contributed by atoms with Gasteiger partial charge in [-0.15, -0.1) is 11.3 Å². The highest BCUT2D eigenvalue weighted by molar-refractivity contribution is 8.02. The molecule has 2 aromatic rings. The van der Waals surface area contributed by atoms with Crippen molar-refractivity contribution in [2.45, 2.75) is 76.4 Å². The fourth-order valence-corrected chi connectivity index (χ4v) is 5.76. The van der Waals surface area contributed by atoms with E-state index < -0.39 is 28.5 Å². The number of hydrogen-bond donors (Lipinski definition) is 4. The monoisotopic (exact) mass is 571 g/mol. The number of carboxylic acid groups (broad SMARTS) is 1. The average molecular weight is 572 g/mol. The Morgan fingerprint density at radius 2 is 1.90 bits per heavy atom. The van der Waals surface area contributed by atoms with Crippen molar-refractivity contribution in [2.75, 3.05) is 17.6 Å². The van der Waals surface area contributed by atoms with Gasteiger partial charge in [-0.05, 0) is 60.7 Å². The van der Waals surface area contributed by atoms with Gasteiger partial charge in [0.15, 0.2) is 0 Å². The number of hydrogen-bond acceptors (Lipinski definition) is 6. The first-order valence-corrected chi connectivity index (χ1v) is 15.0. The van der Waals surface area contributed by atoms with Crippen molar-refractivity contribution in [2.24, 2.45) is 0 Å². The normalized spacial score (nSPS) is 13.2. The van der Waals surface area contributed by atoms with Gasteiger partial charge in [-0.2, -0.15) is 11.8 Å². The predicted molar refractivity (Wildman–Crippen MR) is 160 cm³/mol. The molecule has 210 valence electrons. The Hall–Kier alpha value is -2.79. The highest BCUT2D eigenvalue weighted by atomic mass is 32.2. The topological polar surface area (TPSA) is 125 Å². The summed E-state index contributed by atoms with van der Waals surface area (Å²) in [5.41, 5.74) is 1.57. The number of unbranched alkanes of at least 4 members (excludes halogenated alkanes) is 1. The zero-order chi connectivity index (χ0) is 28.8. The van der Waals surface area contributed by atoms with Crippen LogP contribution in [0, 0.1) is 6.92 Å². The van der Waals surface area contributed by atoms with Gasteiger partial charge in [0, 0.05) is 28.3 Å². The van der Waals surface area contributed by atoms with Crippen molar-refractivity contribution in [3.8, 4) is 0 Å². The summed E-state index contributed by atoms with van der Waals surface area (Å²) in [5.74, 6) is -2.40. The number of carbonyl (C=O) groups is 4. The summed E-state index contributed by atoms with van der Waals surface area (Å²) in [6.07, 6.45) is 3.85. The first-order valence-electron chi connectivity index (χ1n) is 13.2. The smallest absolute Gasteiger partial charge is 0.303 e. The summed E-state index contributed by atoms with van der Waals surface area (Å²) in [6, 6.07) is 10.5. The van der Waals surface area contributed by atoms with Gasteiger partial charge in [-0.1, -0.05) is 38.8 Å². The molecule has 39 heavy (non-hydrogen) atoms. The number of carbonyl (C=O) groups excluding carboxylic acids is 3. The Morgan fingerprint density at radius 3 is 2.54 bits per heavy atom. The van der Waals surface area contributed by atoms with E-state index >= 15 is 0 Å². The Kier molecular flexibility index (Phi) is 13.6. The largest absolute Gasteiger partial charge is 0.481 e. The van der Waals surface area contributed by atoms with Crippen LogP contribution in [-0.4, -0.2) is 59.6 Å². The van der Waals surface area contributed by atoms with Crippen LogP contribution in [-0.2, 0) is 25.6 Å². The number of anilines is 1. The Bertz CT molecular complexity index is 1130. The molecule has 3 amide bonds. The molecule has 0 aliphatic carbocycles. The second-order valence-corrected chi connectivity index (χ2v) is 12.3. The van der Waals surface area contributed by atoms with Crippen LogP contribution in [0.25, 0.3) is 0 Å². The second kappa shape index (κ2) is 16.3. The van der Waals surface area contributed by atoms with Crippen LogP contribution in [0.4, 0.5) is 5.69 Å². The van der Waals surface area contributed by atoms with E-state index in [-0.39, 0.29) is 31.0 Å². The third kappa shape index (κ3) is 12.3. The lowest BCUT2D eigenvalue weighted by Crippen LogP contribution is -2.48. The number of carboxylic acids is 1. The summed E-state index contributed by atoms with van der Waals surface area (Å²) in [6.45, 7) is 5.79. The first kappa shape index (κ1) is 32.4. The van der Waals surface area contributed by atoms with Crippen LogP contribution in [0.2, 0.25) is 0 Å². The van der Waals surface area contributed by atoms with Gasteiger partial charge in [-0.25, -0.2) is 0 Å².